The zero-order chi connectivity index (χ0) is 14.1. The summed E-state index contributed by atoms with van der Waals surface area (Å²) >= 11 is 0. The second kappa shape index (κ2) is 4.91. The average molecular weight is 270 g/mol. The molecule has 100 valence electrons. The summed E-state index contributed by atoms with van der Waals surface area (Å²) in [7, 11) is 0. The molecule has 21 heavy (non-hydrogen) atoms. The molecule has 0 fully saturated rings. The van der Waals surface area contributed by atoms with Crippen molar-refractivity contribution in [2.75, 3.05) is 0 Å². The van der Waals surface area contributed by atoms with Gasteiger partial charge in [0.15, 0.2) is 0 Å². The Morgan fingerprint density at radius 1 is 0.714 bits per heavy atom. The van der Waals surface area contributed by atoms with Gasteiger partial charge in [-0.2, -0.15) is 0 Å². The molecule has 4 aromatic rings. The minimum Gasteiger partial charge on any atom is -0.354 e. The predicted molar refractivity (Wildman–Crippen MR) is 89.5 cm³/mol. The molecule has 0 saturated carbocycles. The normalized spacial score (nSPS) is 11.6. The standard InChI is InChI=1S/C19H14N2/c1-2-7-14(8-3-1)13-20-17-11-6-12-18-19(17)15-9-4-5-10-16(15)21-18/h1-13,21H/b20-13+. The first-order valence-corrected chi connectivity index (χ1v) is 7.00. The van der Waals surface area contributed by atoms with E-state index >= 15 is 0 Å². The van der Waals surface area contributed by atoms with Gasteiger partial charge in [-0.05, 0) is 23.8 Å². The fourth-order valence-electron chi connectivity index (χ4n) is 2.67. The van der Waals surface area contributed by atoms with Crippen LogP contribution in [0.2, 0.25) is 0 Å². The Labute approximate surface area is 122 Å². The van der Waals surface area contributed by atoms with Crippen LogP contribution in [0.4, 0.5) is 5.69 Å². The second-order valence-electron chi connectivity index (χ2n) is 5.04. The number of para-hydroxylation sites is 1. The number of aromatic amines is 1. The largest absolute Gasteiger partial charge is 0.354 e. The number of hydrogen-bond donors (Lipinski definition) is 1. The molecule has 1 N–H and O–H groups in total. The van der Waals surface area contributed by atoms with Crippen LogP contribution in [-0.2, 0) is 0 Å². The third-order valence-electron chi connectivity index (χ3n) is 3.66. The minimum atomic E-state index is 0.994. The Kier molecular flexibility index (Phi) is 2.79. The van der Waals surface area contributed by atoms with E-state index in [2.05, 4.69) is 52.4 Å². The molecule has 0 saturated heterocycles. The predicted octanol–water partition coefficient (Wildman–Crippen LogP) is 5.07. The Balaban J connectivity index is 1.90. The van der Waals surface area contributed by atoms with Crippen molar-refractivity contribution in [3.05, 3.63) is 78.4 Å². The topological polar surface area (TPSA) is 28.1 Å². The van der Waals surface area contributed by atoms with Gasteiger partial charge in [-0.3, -0.25) is 4.99 Å². The Morgan fingerprint density at radius 2 is 1.48 bits per heavy atom. The lowest BCUT2D eigenvalue weighted by molar-refractivity contribution is 1.53. The maximum Gasteiger partial charge on any atom is 0.0729 e. The van der Waals surface area contributed by atoms with Crippen molar-refractivity contribution in [1.82, 2.24) is 4.98 Å². The quantitative estimate of drug-likeness (QED) is 0.492. The SMILES string of the molecule is C(=N\c1cccc2[nH]c3ccccc3c12)/c1ccccc1. The number of nitrogens with zero attached hydrogens (tertiary/aromatic N) is 1. The van der Waals surface area contributed by atoms with Gasteiger partial charge in [0, 0.05) is 28.0 Å². The van der Waals surface area contributed by atoms with Crippen molar-refractivity contribution >= 4 is 33.7 Å². The molecule has 0 aliphatic rings. The van der Waals surface area contributed by atoms with E-state index in [9.17, 15) is 0 Å². The van der Waals surface area contributed by atoms with Gasteiger partial charge in [-0.25, -0.2) is 0 Å². The molecule has 0 bridgehead atoms. The van der Waals surface area contributed by atoms with Crippen molar-refractivity contribution < 1.29 is 0 Å². The van der Waals surface area contributed by atoms with Crippen molar-refractivity contribution in [1.29, 1.82) is 0 Å². The Morgan fingerprint density at radius 3 is 2.38 bits per heavy atom. The number of aromatic nitrogens is 1. The lowest BCUT2D eigenvalue weighted by Crippen LogP contribution is -1.78. The molecule has 0 unspecified atom stereocenters. The Bertz CT molecular complexity index is 934. The Hall–Kier alpha value is -2.87. The third kappa shape index (κ3) is 2.11. The lowest BCUT2D eigenvalue weighted by Gasteiger charge is -1.98. The summed E-state index contributed by atoms with van der Waals surface area (Å²) < 4.78 is 0. The second-order valence-corrected chi connectivity index (χ2v) is 5.04. The van der Waals surface area contributed by atoms with Gasteiger partial charge in [0.2, 0.25) is 0 Å². The number of benzene rings is 3. The van der Waals surface area contributed by atoms with Crippen LogP contribution >= 0.6 is 0 Å². The van der Waals surface area contributed by atoms with Crippen molar-refractivity contribution in [2.45, 2.75) is 0 Å². The molecule has 0 amide bonds. The van der Waals surface area contributed by atoms with Gasteiger partial charge in [0.05, 0.1) is 5.69 Å². The van der Waals surface area contributed by atoms with E-state index in [0.29, 0.717) is 0 Å². The van der Waals surface area contributed by atoms with Crippen molar-refractivity contribution in [3.63, 3.8) is 0 Å². The molecule has 1 heterocycles. The van der Waals surface area contributed by atoms with Crippen LogP contribution in [0.1, 0.15) is 5.56 Å². The number of aliphatic imine (C=N–C) groups is 1. The molecule has 0 radical (unpaired) electrons. The summed E-state index contributed by atoms with van der Waals surface area (Å²) in [6, 6.07) is 24.7. The highest BCUT2D eigenvalue weighted by atomic mass is 14.8. The van der Waals surface area contributed by atoms with Gasteiger partial charge in [0.1, 0.15) is 0 Å². The van der Waals surface area contributed by atoms with E-state index in [0.717, 1.165) is 22.3 Å². The summed E-state index contributed by atoms with van der Waals surface area (Å²) in [5, 5.41) is 2.40. The van der Waals surface area contributed by atoms with Crippen molar-refractivity contribution in [3.8, 4) is 0 Å². The third-order valence-corrected chi connectivity index (χ3v) is 3.66. The maximum absolute atomic E-state index is 4.68. The molecular weight excluding hydrogens is 256 g/mol. The van der Waals surface area contributed by atoms with Crippen LogP contribution in [-0.4, -0.2) is 11.2 Å². The van der Waals surface area contributed by atoms with Gasteiger partial charge in [0.25, 0.3) is 0 Å². The zero-order valence-corrected chi connectivity index (χ0v) is 11.5. The van der Waals surface area contributed by atoms with E-state index in [1.807, 2.05) is 36.5 Å². The molecule has 3 aromatic carbocycles. The molecule has 0 atom stereocenters. The van der Waals surface area contributed by atoms with Crippen LogP contribution in [0.25, 0.3) is 21.8 Å². The smallest absolute Gasteiger partial charge is 0.0729 e. The van der Waals surface area contributed by atoms with Crippen LogP contribution in [0.15, 0.2) is 77.8 Å². The highest BCUT2D eigenvalue weighted by Gasteiger charge is 2.06. The van der Waals surface area contributed by atoms with Crippen LogP contribution in [0.3, 0.4) is 0 Å². The summed E-state index contributed by atoms with van der Waals surface area (Å²) in [6.45, 7) is 0. The molecule has 0 spiro atoms. The van der Waals surface area contributed by atoms with E-state index in [1.165, 1.54) is 10.8 Å². The fraction of sp³-hybridized carbons (Fsp3) is 0. The molecule has 2 nitrogen and oxygen atoms in total. The highest BCUT2D eigenvalue weighted by molar-refractivity contribution is 6.13. The minimum absolute atomic E-state index is 0.994. The number of nitrogens with one attached hydrogen (secondary N) is 1. The molecule has 0 aliphatic carbocycles. The first-order chi connectivity index (χ1) is 10.4. The number of rotatable bonds is 2. The van der Waals surface area contributed by atoms with Gasteiger partial charge in [-0.1, -0.05) is 54.6 Å². The highest BCUT2D eigenvalue weighted by Crippen LogP contribution is 2.32. The van der Waals surface area contributed by atoms with Gasteiger partial charge < -0.3 is 4.98 Å². The number of H-pyrrole nitrogens is 1. The zero-order valence-electron chi connectivity index (χ0n) is 11.5. The summed E-state index contributed by atoms with van der Waals surface area (Å²) in [5.41, 5.74) is 4.37. The average Bonchev–Trinajstić information content (AvgIpc) is 2.93. The van der Waals surface area contributed by atoms with E-state index in [-0.39, 0.29) is 0 Å². The number of fused-ring (bicyclic) bond motifs is 3. The monoisotopic (exact) mass is 270 g/mol. The summed E-state index contributed by atoms with van der Waals surface area (Å²) in [6.07, 6.45) is 1.91. The summed E-state index contributed by atoms with van der Waals surface area (Å²) in [5.74, 6) is 0. The maximum atomic E-state index is 4.68. The molecule has 2 heteroatoms. The molecular formula is C19H14N2. The lowest BCUT2D eigenvalue weighted by atomic mass is 10.1. The van der Waals surface area contributed by atoms with Crippen molar-refractivity contribution in [2.24, 2.45) is 4.99 Å². The first kappa shape index (κ1) is 11.9. The van der Waals surface area contributed by atoms with E-state index < -0.39 is 0 Å². The van der Waals surface area contributed by atoms with Crippen LogP contribution in [0, 0.1) is 0 Å². The van der Waals surface area contributed by atoms with Gasteiger partial charge in [-0.15, -0.1) is 0 Å². The first-order valence-electron chi connectivity index (χ1n) is 7.00. The van der Waals surface area contributed by atoms with Gasteiger partial charge >= 0.3 is 0 Å². The molecule has 0 aliphatic heterocycles. The fourth-order valence-corrected chi connectivity index (χ4v) is 2.67. The molecule has 4 rings (SSSR count). The van der Waals surface area contributed by atoms with E-state index in [4.69, 9.17) is 0 Å². The summed E-state index contributed by atoms with van der Waals surface area (Å²) in [4.78, 5) is 8.12. The van der Waals surface area contributed by atoms with Crippen LogP contribution in [0.5, 0.6) is 0 Å². The molecule has 1 aromatic heterocycles. The van der Waals surface area contributed by atoms with Crippen LogP contribution < -0.4 is 0 Å². The van der Waals surface area contributed by atoms with E-state index in [1.54, 1.807) is 0 Å². The number of hydrogen-bond acceptors (Lipinski definition) is 1.